The van der Waals surface area contributed by atoms with Crippen molar-refractivity contribution in [3.63, 3.8) is 0 Å². The number of nitrogens with zero attached hydrogens (tertiary/aromatic N) is 1. The number of unbranched alkanes of at least 4 members (excludes halogenated alkanes) is 2. The molecule has 7 nitrogen and oxygen atoms in total. The van der Waals surface area contributed by atoms with E-state index in [0.29, 0.717) is 32.5 Å². The summed E-state index contributed by atoms with van der Waals surface area (Å²) in [7, 11) is 1.64. The van der Waals surface area contributed by atoms with Gasteiger partial charge in [0.25, 0.3) is 0 Å². The summed E-state index contributed by atoms with van der Waals surface area (Å²) in [6, 6.07) is 6.18. The van der Waals surface area contributed by atoms with Gasteiger partial charge in [-0.1, -0.05) is 18.6 Å². The van der Waals surface area contributed by atoms with Gasteiger partial charge >= 0.3 is 0 Å². The predicted octanol–water partition coefficient (Wildman–Crippen LogP) is 4.60. The van der Waals surface area contributed by atoms with E-state index in [1.54, 1.807) is 7.11 Å². The summed E-state index contributed by atoms with van der Waals surface area (Å²) in [4.78, 5) is 27.8. The normalized spacial score (nSPS) is 19.8. The lowest BCUT2D eigenvalue weighted by molar-refractivity contribution is -0.122. The fourth-order valence-corrected chi connectivity index (χ4v) is 5.31. The second-order valence-corrected chi connectivity index (χ2v) is 10.3. The Bertz CT molecular complexity index is 967. The second kappa shape index (κ2) is 14.2. The number of allylic oxidation sites excluding steroid dienone is 3. The highest BCUT2D eigenvalue weighted by atomic mass is 16.6. The van der Waals surface area contributed by atoms with Crippen LogP contribution in [0, 0.1) is 5.92 Å². The molecule has 1 N–H and O–H groups in total. The fraction of sp³-hybridized carbons (Fsp3) is 0.600. The molecule has 0 saturated carbocycles. The summed E-state index contributed by atoms with van der Waals surface area (Å²) in [5.74, 6) is 2.74. The van der Waals surface area contributed by atoms with E-state index >= 15 is 0 Å². The number of carbonyl (C=O) groups is 2. The third-order valence-corrected chi connectivity index (χ3v) is 7.49. The molecule has 1 fully saturated rings. The van der Waals surface area contributed by atoms with Gasteiger partial charge in [-0.15, -0.1) is 0 Å². The minimum Gasteiger partial charge on any atom is -0.497 e. The van der Waals surface area contributed by atoms with E-state index < -0.39 is 0 Å². The molecule has 1 aromatic rings. The highest BCUT2D eigenvalue weighted by Crippen LogP contribution is 2.31. The van der Waals surface area contributed by atoms with Crippen molar-refractivity contribution in [2.45, 2.75) is 70.3 Å². The number of fused-ring (bicyclic) bond motifs is 1. The Morgan fingerprint density at radius 2 is 1.86 bits per heavy atom. The molecule has 1 amide bonds. The van der Waals surface area contributed by atoms with Crippen LogP contribution in [0.5, 0.6) is 11.5 Å². The summed E-state index contributed by atoms with van der Waals surface area (Å²) in [6.07, 6.45) is 14.3. The van der Waals surface area contributed by atoms with E-state index in [4.69, 9.17) is 14.2 Å². The molecule has 0 radical (unpaired) electrons. The maximum Gasteiger partial charge on any atom is 0.220 e. The quantitative estimate of drug-likeness (QED) is 0.369. The lowest BCUT2D eigenvalue weighted by atomic mass is 9.92. The molecule has 4 rings (SSSR count). The van der Waals surface area contributed by atoms with Crippen LogP contribution in [0.2, 0.25) is 0 Å². The molecule has 1 aliphatic carbocycles. The Balaban J connectivity index is 1.19. The number of nitrogens with one attached hydrogen (secondary N) is 1. The zero-order valence-corrected chi connectivity index (χ0v) is 22.2. The highest BCUT2D eigenvalue weighted by molar-refractivity contribution is 5.83. The van der Waals surface area contributed by atoms with Crippen molar-refractivity contribution < 1.29 is 23.8 Å². The van der Waals surface area contributed by atoms with Gasteiger partial charge in [0.1, 0.15) is 24.8 Å². The van der Waals surface area contributed by atoms with E-state index in [9.17, 15) is 9.59 Å². The SMILES string of the molecule is COC1=CCC(C(=O)CCCCCC(=O)N[C@H](CCN2CCCC2)Cc2ccc3c(c2)OCCO3)C=C1. The van der Waals surface area contributed by atoms with E-state index in [0.717, 1.165) is 74.6 Å². The van der Waals surface area contributed by atoms with E-state index in [1.807, 2.05) is 30.4 Å². The molecule has 0 bridgehead atoms. The molecule has 3 aliphatic rings. The van der Waals surface area contributed by atoms with Crippen LogP contribution in [0.15, 0.2) is 42.2 Å². The summed E-state index contributed by atoms with van der Waals surface area (Å²) < 4.78 is 16.6. The van der Waals surface area contributed by atoms with Crippen molar-refractivity contribution >= 4 is 11.7 Å². The first-order chi connectivity index (χ1) is 18.1. The number of likely N-dealkylation sites (tertiary alicyclic amines) is 1. The molecule has 0 spiro atoms. The number of hydrogen-bond donors (Lipinski definition) is 1. The number of methoxy groups -OCH3 is 1. The molecule has 2 heterocycles. The van der Waals surface area contributed by atoms with Crippen molar-refractivity contribution in [2.75, 3.05) is 40.0 Å². The van der Waals surface area contributed by atoms with Crippen LogP contribution in [0.1, 0.15) is 63.4 Å². The van der Waals surface area contributed by atoms with E-state index in [2.05, 4.69) is 16.3 Å². The first-order valence-electron chi connectivity index (χ1n) is 14.0. The number of hydrogen-bond acceptors (Lipinski definition) is 6. The van der Waals surface area contributed by atoms with Gasteiger partial charge in [-0.3, -0.25) is 9.59 Å². The number of rotatable bonds is 14. The Labute approximate surface area is 221 Å². The first-order valence-corrected chi connectivity index (χ1v) is 14.0. The molecule has 2 aliphatic heterocycles. The monoisotopic (exact) mass is 510 g/mol. The zero-order valence-electron chi connectivity index (χ0n) is 22.2. The summed E-state index contributed by atoms with van der Waals surface area (Å²) in [5, 5.41) is 3.30. The molecule has 0 aromatic heterocycles. The van der Waals surface area contributed by atoms with Crippen molar-refractivity contribution in [1.82, 2.24) is 10.2 Å². The number of amides is 1. The van der Waals surface area contributed by atoms with Gasteiger partial charge in [0.2, 0.25) is 5.91 Å². The Kier molecular flexibility index (Phi) is 10.5. The number of ether oxygens (including phenoxy) is 3. The van der Waals surface area contributed by atoms with E-state index in [1.165, 1.54) is 12.8 Å². The number of ketones is 1. The van der Waals surface area contributed by atoms with Crippen LogP contribution in [0.3, 0.4) is 0 Å². The van der Waals surface area contributed by atoms with Gasteiger partial charge in [0, 0.05) is 31.3 Å². The number of benzene rings is 1. The third-order valence-electron chi connectivity index (χ3n) is 7.49. The maximum atomic E-state index is 12.8. The lowest BCUT2D eigenvalue weighted by Gasteiger charge is -2.24. The Hall–Kier alpha value is -2.80. The van der Waals surface area contributed by atoms with Gasteiger partial charge in [0.15, 0.2) is 11.5 Å². The molecule has 1 unspecified atom stereocenters. The molecule has 1 saturated heterocycles. The number of carbonyl (C=O) groups excluding carboxylic acids is 2. The van der Waals surface area contributed by atoms with Crippen molar-refractivity contribution in [1.29, 1.82) is 0 Å². The Morgan fingerprint density at radius 3 is 2.62 bits per heavy atom. The minimum absolute atomic E-state index is 0.0425. The topological polar surface area (TPSA) is 77.1 Å². The third kappa shape index (κ3) is 8.63. The second-order valence-electron chi connectivity index (χ2n) is 10.3. The van der Waals surface area contributed by atoms with Crippen molar-refractivity contribution in [3.05, 3.63) is 47.7 Å². The molecule has 7 heteroatoms. The van der Waals surface area contributed by atoms with Gasteiger partial charge < -0.3 is 24.4 Å². The predicted molar refractivity (Wildman–Crippen MR) is 144 cm³/mol. The smallest absolute Gasteiger partial charge is 0.220 e. The molecular formula is C30H42N2O5. The Morgan fingerprint density at radius 1 is 1.08 bits per heavy atom. The molecule has 202 valence electrons. The van der Waals surface area contributed by atoms with E-state index in [-0.39, 0.29) is 23.7 Å². The van der Waals surface area contributed by atoms with Crippen LogP contribution in [0.25, 0.3) is 0 Å². The van der Waals surface area contributed by atoms with Crippen molar-refractivity contribution in [3.8, 4) is 11.5 Å². The van der Waals surface area contributed by atoms with Gasteiger partial charge in [0.05, 0.1) is 7.11 Å². The molecule has 37 heavy (non-hydrogen) atoms. The van der Waals surface area contributed by atoms with Gasteiger partial charge in [-0.2, -0.15) is 0 Å². The summed E-state index contributed by atoms with van der Waals surface area (Å²) in [6.45, 7) is 4.47. The molecular weight excluding hydrogens is 468 g/mol. The van der Waals surface area contributed by atoms with Crippen LogP contribution in [-0.4, -0.2) is 62.6 Å². The molecule has 1 aromatic carbocycles. The van der Waals surface area contributed by atoms with Crippen molar-refractivity contribution in [2.24, 2.45) is 5.92 Å². The van der Waals surface area contributed by atoms with Crippen LogP contribution >= 0.6 is 0 Å². The van der Waals surface area contributed by atoms with Crippen LogP contribution < -0.4 is 14.8 Å². The molecule has 2 atom stereocenters. The summed E-state index contributed by atoms with van der Waals surface area (Å²) in [5.41, 5.74) is 1.15. The summed E-state index contributed by atoms with van der Waals surface area (Å²) >= 11 is 0. The standard InChI is InChI=1S/C30H42N2O5/c1-35-26-12-10-24(11-13-26)27(33)7-3-2-4-8-30(34)31-25(15-18-32-16-5-6-17-32)21-23-9-14-28-29(22-23)37-20-19-36-28/h9-10,12-14,22,24-25H,2-8,11,15-21H2,1H3,(H,31,34)/t24?,25-/m1/s1. The zero-order chi connectivity index (χ0) is 25.9. The highest BCUT2D eigenvalue weighted by Gasteiger charge is 2.20. The maximum absolute atomic E-state index is 12.8. The van der Waals surface area contributed by atoms with Crippen LogP contribution in [-0.2, 0) is 20.7 Å². The fourth-order valence-electron chi connectivity index (χ4n) is 5.31. The lowest BCUT2D eigenvalue weighted by Crippen LogP contribution is -2.39. The number of Topliss-reactive ketones (excluding diaryl/α,β-unsaturated/α-hetero) is 1. The van der Waals surface area contributed by atoms with Gasteiger partial charge in [-0.05, 0) is 87.9 Å². The average Bonchev–Trinajstić information content (AvgIpc) is 3.45. The van der Waals surface area contributed by atoms with Crippen LogP contribution in [0.4, 0.5) is 0 Å². The van der Waals surface area contributed by atoms with Gasteiger partial charge in [-0.25, -0.2) is 0 Å². The average molecular weight is 511 g/mol. The largest absolute Gasteiger partial charge is 0.497 e. The minimum atomic E-state index is -0.0425. The first kappa shape index (κ1) is 27.2.